The summed E-state index contributed by atoms with van der Waals surface area (Å²) in [7, 11) is 1.46. The first-order valence-electron chi connectivity index (χ1n) is 7.77. The minimum Gasteiger partial charge on any atom is -0.481 e. The number of hydrogen-bond donors (Lipinski definition) is 2. The van der Waals surface area contributed by atoms with Crippen LogP contribution in [0.5, 0.6) is 5.88 Å². The lowest BCUT2D eigenvalue weighted by atomic mass is 10.2. The minimum atomic E-state index is -0.731. The molecule has 2 unspecified atom stereocenters. The summed E-state index contributed by atoms with van der Waals surface area (Å²) in [5, 5.41) is 13.2. The summed E-state index contributed by atoms with van der Waals surface area (Å²) in [6.45, 7) is 6.12. The van der Waals surface area contributed by atoms with Gasteiger partial charge in [0, 0.05) is 18.7 Å². The summed E-state index contributed by atoms with van der Waals surface area (Å²) >= 11 is 0. The molecule has 0 aromatic carbocycles. The van der Waals surface area contributed by atoms with Crippen molar-refractivity contribution in [2.45, 2.75) is 45.1 Å². The van der Waals surface area contributed by atoms with Gasteiger partial charge in [-0.1, -0.05) is 0 Å². The number of aliphatic hydroxyl groups is 1. The van der Waals surface area contributed by atoms with Crippen molar-refractivity contribution in [1.29, 1.82) is 0 Å². The Bertz CT molecular complexity index is 591. The number of pyridine rings is 1. The van der Waals surface area contributed by atoms with Gasteiger partial charge in [-0.05, 0) is 26.8 Å². The number of methoxy groups -OCH3 is 1. The van der Waals surface area contributed by atoms with Gasteiger partial charge in [0.2, 0.25) is 5.88 Å². The third kappa shape index (κ3) is 4.78. The molecule has 1 saturated heterocycles. The molecule has 0 bridgehead atoms. The first-order valence-corrected chi connectivity index (χ1v) is 7.77. The van der Waals surface area contributed by atoms with E-state index in [0.29, 0.717) is 18.0 Å². The fourth-order valence-electron chi connectivity index (χ4n) is 2.48. The van der Waals surface area contributed by atoms with E-state index in [4.69, 9.17) is 9.47 Å². The van der Waals surface area contributed by atoms with E-state index in [-0.39, 0.29) is 19.1 Å². The van der Waals surface area contributed by atoms with Crippen LogP contribution in [0, 0.1) is 5.82 Å². The van der Waals surface area contributed by atoms with Crippen LogP contribution in [0.15, 0.2) is 12.3 Å². The van der Waals surface area contributed by atoms with Gasteiger partial charge in [-0.3, -0.25) is 0 Å². The van der Waals surface area contributed by atoms with Gasteiger partial charge in [-0.25, -0.2) is 14.2 Å². The predicted octanol–water partition coefficient (Wildman–Crippen LogP) is 1.30. The summed E-state index contributed by atoms with van der Waals surface area (Å²) in [5.74, 6) is -0.143. The van der Waals surface area contributed by atoms with Gasteiger partial charge in [-0.15, -0.1) is 0 Å². The molecule has 8 heteroatoms. The van der Waals surface area contributed by atoms with Crippen LogP contribution in [0.1, 0.15) is 26.3 Å². The van der Waals surface area contributed by atoms with Gasteiger partial charge in [-0.2, -0.15) is 0 Å². The van der Waals surface area contributed by atoms with Crippen molar-refractivity contribution in [2.24, 2.45) is 0 Å². The topological polar surface area (TPSA) is 83.9 Å². The highest BCUT2D eigenvalue weighted by Gasteiger charge is 2.35. The molecule has 0 aliphatic carbocycles. The highest BCUT2D eigenvalue weighted by atomic mass is 19.1. The van der Waals surface area contributed by atoms with Gasteiger partial charge in [0.05, 0.1) is 32.0 Å². The number of carbonyl (C=O) groups is 1. The maximum atomic E-state index is 13.3. The lowest BCUT2D eigenvalue weighted by Crippen LogP contribution is -2.39. The predicted molar refractivity (Wildman–Crippen MR) is 85.2 cm³/mol. The molecular formula is C16H24FN3O4. The fraction of sp³-hybridized carbons (Fsp3) is 0.625. The van der Waals surface area contributed by atoms with Crippen molar-refractivity contribution in [3.8, 4) is 5.88 Å². The summed E-state index contributed by atoms with van der Waals surface area (Å²) in [6, 6.07) is 0.983. The molecular weight excluding hydrogens is 317 g/mol. The third-order valence-corrected chi connectivity index (χ3v) is 3.58. The minimum absolute atomic E-state index is 0.186. The molecule has 0 saturated carbocycles. The quantitative estimate of drug-likeness (QED) is 0.859. The van der Waals surface area contributed by atoms with Gasteiger partial charge < -0.3 is 24.8 Å². The van der Waals surface area contributed by atoms with Crippen molar-refractivity contribution in [1.82, 2.24) is 15.2 Å². The summed E-state index contributed by atoms with van der Waals surface area (Å²) in [6.07, 6.45) is -0.113. The zero-order valence-corrected chi connectivity index (χ0v) is 14.4. The maximum Gasteiger partial charge on any atom is 0.410 e. The lowest BCUT2D eigenvalue weighted by molar-refractivity contribution is 0.0270. The lowest BCUT2D eigenvalue weighted by Gasteiger charge is -2.24. The second-order valence-electron chi connectivity index (χ2n) is 6.76. The first-order chi connectivity index (χ1) is 11.2. The third-order valence-electron chi connectivity index (χ3n) is 3.58. The van der Waals surface area contributed by atoms with Gasteiger partial charge in [0.1, 0.15) is 11.4 Å². The van der Waals surface area contributed by atoms with Crippen molar-refractivity contribution >= 4 is 6.09 Å². The normalized spacial score (nSPS) is 21.0. The first kappa shape index (κ1) is 18.4. The monoisotopic (exact) mass is 341 g/mol. The van der Waals surface area contributed by atoms with Crippen LogP contribution < -0.4 is 10.1 Å². The fourth-order valence-corrected chi connectivity index (χ4v) is 2.48. The van der Waals surface area contributed by atoms with E-state index in [0.717, 1.165) is 6.20 Å². The number of amides is 1. The Morgan fingerprint density at radius 2 is 2.21 bits per heavy atom. The Morgan fingerprint density at radius 3 is 2.83 bits per heavy atom. The molecule has 1 amide bonds. The second-order valence-corrected chi connectivity index (χ2v) is 6.76. The molecule has 0 spiro atoms. The molecule has 1 aromatic rings. The van der Waals surface area contributed by atoms with Crippen molar-refractivity contribution in [3.05, 3.63) is 23.6 Å². The molecule has 24 heavy (non-hydrogen) atoms. The van der Waals surface area contributed by atoms with Crippen LogP contribution >= 0.6 is 0 Å². The van der Waals surface area contributed by atoms with Gasteiger partial charge in [0.15, 0.2) is 0 Å². The number of likely N-dealkylation sites (tertiary alicyclic amines) is 1. The largest absolute Gasteiger partial charge is 0.481 e. The number of halogens is 1. The Morgan fingerprint density at radius 1 is 1.50 bits per heavy atom. The molecule has 1 fully saturated rings. The number of aromatic nitrogens is 1. The maximum absolute atomic E-state index is 13.3. The number of carbonyl (C=O) groups excluding carboxylic acids is 1. The Hall–Kier alpha value is -1.93. The molecule has 2 N–H and O–H groups in total. The SMILES string of the molecule is COc1ncc(F)cc1CNC1CN(C(=O)OC(C)(C)C)CC1O. The van der Waals surface area contributed by atoms with Crippen LogP contribution in [0.25, 0.3) is 0 Å². The van der Waals surface area contributed by atoms with E-state index in [9.17, 15) is 14.3 Å². The Labute approximate surface area is 140 Å². The molecule has 1 aliphatic rings. The van der Waals surface area contributed by atoms with Crippen LogP contribution in [-0.2, 0) is 11.3 Å². The Kier molecular flexibility index (Phi) is 5.61. The van der Waals surface area contributed by atoms with Crippen LogP contribution in [0.4, 0.5) is 9.18 Å². The van der Waals surface area contributed by atoms with E-state index < -0.39 is 23.6 Å². The van der Waals surface area contributed by atoms with Crippen molar-refractivity contribution < 1.29 is 23.8 Å². The smallest absolute Gasteiger partial charge is 0.410 e. The summed E-state index contributed by atoms with van der Waals surface area (Å²) in [5.41, 5.74) is -0.0471. The van der Waals surface area contributed by atoms with Crippen LogP contribution in [0.3, 0.4) is 0 Å². The van der Waals surface area contributed by atoms with Crippen LogP contribution in [0.2, 0.25) is 0 Å². The van der Waals surface area contributed by atoms with Gasteiger partial charge >= 0.3 is 6.09 Å². The molecule has 2 atom stereocenters. The highest BCUT2D eigenvalue weighted by molar-refractivity contribution is 5.68. The van der Waals surface area contributed by atoms with Crippen molar-refractivity contribution in [2.75, 3.05) is 20.2 Å². The number of aliphatic hydroxyl groups excluding tert-OH is 1. The number of rotatable bonds is 4. The second kappa shape index (κ2) is 7.31. The highest BCUT2D eigenvalue weighted by Crippen LogP contribution is 2.19. The molecule has 1 aromatic heterocycles. The number of nitrogens with one attached hydrogen (secondary N) is 1. The van der Waals surface area contributed by atoms with E-state index >= 15 is 0 Å². The number of β-amino-alcohol motifs (C(OH)–C–C–N with tert-alkyl or cyclic N) is 1. The molecule has 2 rings (SSSR count). The molecule has 2 heterocycles. The number of nitrogens with zero attached hydrogens (tertiary/aromatic N) is 2. The average Bonchev–Trinajstić information content (AvgIpc) is 2.85. The zero-order chi connectivity index (χ0) is 17.9. The van der Waals surface area contributed by atoms with E-state index in [1.54, 1.807) is 20.8 Å². The van der Waals surface area contributed by atoms with Crippen LogP contribution in [-0.4, -0.2) is 59.0 Å². The molecule has 1 aliphatic heterocycles. The molecule has 134 valence electrons. The number of ether oxygens (including phenoxy) is 2. The Balaban J connectivity index is 1.94. The van der Waals surface area contributed by atoms with Gasteiger partial charge in [0.25, 0.3) is 0 Å². The van der Waals surface area contributed by atoms with E-state index in [1.165, 1.54) is 18.1 Å². The average molecular weight is 341 g/mol. The molecule has 7 nitrogen and oxygen atoms in total. The standard InChI is InChI=1S/C16H24FN3O4/c1-16(2,3)24-15(22)20-8-12(13(21)9-20)18-6-10-5-11(17)7-19-14(10)23-4/h5,7,12-13,18,21H,6,8-9H2,1-4H3. The molecule has 0 radical (unpaired) electrons. The van der Waals surface area contributed by atoms with E-state index in [1.807, 2.05) is 0 Å². The van der Waals surface area contributed by atoms with E-state index in [2.05, 4.69) is 10.3 Å². The summed E-state index contributed by atoms with van der Waals surface area (Å²) < 4.78 is 23.7. The van der Waals surface area contributed by atoms with Crippen molar-refractivity contribution in [3.63, 3.8) is 0 Å². The zero-order valence-electron chi connectivity index (χ0n) is 14.4. The summed E-state index contributed by atoms with van der Waals surface area (Å²) in [4.78, 5) is 17.4. The number of hydrogen-bond acceptors (Lipinski definition) is 6.